The van der Waals surface area contributed by atoms with Crippen molar-refractivity contribution in [2.75, 3.05) is 24.5 Å². The van der Waals surface area contributed by atoms with E-state index in [1.54, 1.807) is 0 Å². The molecule has 1 aromatic rings. The van der Waals surface area contributed by atoms with E-state index >= 15 is 0 Å². The second kappa shape index (κ2) is 8.37. The zero-order valence-corrected chi connectivity index (χ0v) is 16.2. The third-order valence-corrected chi connectivity index (χ3v) is 6.68. The van der Waals surface area contributed by atoms with Crippen molar-refractivity contribution in [3.8, 4) is 0 Å². The highest BCUT2D eigenvalue weighted by molar-refractivity contribution is 5.70. The van der Waals surface area contributed by atoms with Gasteiger partial charge in [-0.05, 0) is 62.5 Å². The van der Waals surface area contributed by atoms with Crippen LogP contribution in [0.4, 0.5) is 10.5 Å². The molecule has 152 valence electrons. The molecule has 3 fully saturated rings. The summed E-state index contributed by atoms with van der Waals surface area (Å²) < 4.78 is 5.74. The van der Waals surface area contributed by atoms with Gasteiger partial charge < -0.3 is 19.6 Å². The van der Waals surface area contributed by atoms with Crippen LogP contribution in [0.5, 0.6) is 0 Å². The molecule has 1 amide bonds. The minimum Gasteiger partial charge on any atom is -0.481 e. The lowest BCUT2D eigenvalue weighted by atomic mass is 9.78. The molecule has 2 aliphatic heterocycles. The molecule has 3 heterocycles. The maximum Gasteiger partial charge on any atom is 0.410 e. The van der Waals surface area contributed by atoms with Crippen molar-refractivity contribution in [1.29, 1.82) is 0 Å². The third-order valence-electron chi connectivity index (χ3n) is 6.68. The number of aromatic nitrogens is 1. The van der Waals surface area contributed by atoms with E-state index in [0.717, 1.165) is 51.6 Å². The molecule has 1 unspecified atom stereocenters. The number of ether oxygens (including phenoxy) is 1. The fourth-order valence-corrected chi connectivity index (χ4v) is 5.05. The number of carboxylic acids is 1. The Morgan fingerprint density at radius 1 is 1.11 bits per heavy atom. The summed E-state index contributed by atoms with van der Waals surface area (Å²) in [7, 11) is 0. The van der Waals surface area contributed by atoms with Gasteiger partial charge in [0.15, 0.2) is 0 Å². The van der Waals surface area contributed by atoms with Crippen LogP contribution in [0.1, 0.15) is 44.9 Å². The summed E-state index contributed by atoms with van der Waals surface area (Å²) in [6.45, 7) is 2.56. The topological polar surface area (TPSA) is 83.0 Å². The van der Waals surface area contributed by atoms with Gasteiger partial charge in [0.25, 0.3) is 0 Å². The van der Waals surface area contributed by atoms with Gasteiger partial charge in [0.05, 0.1) is 6.54 Å². The summed E-state index contributed by atoms with van der Waals surface area (Å²) in [5.41, 5.74) is 1.19. The van der Waals surface area contributed by atoms with Crippen molar-refractivity contribution >= 4 is 17.7 Å². The molecule has 7 nitrogen and oxygen atoms in total. The van der Waals surface area contributed by atoms with E-state index < -0.39 is 5.97 Å². The van der Waals surface area contributed by atoms with Crippen LogP contribution in [0.15, 0.2) is 24.5 Å². The molecule has 0 bridgehead atoms. The SMILES string of the molecule is O=C(O)CC1CCC(C2CN(C3CCN(c4ccncc4)CC3)C(=O)O2)CC1. The van der Waals surface area contributed by atoms with E-state index in [0.29, 0.717) is 12.5 Å². The Kier molecular flexibility index (Phi) is 5.69. The molecule has 1 aliphatic carbocycles. The monoisotopic (exact) mass is 387 g/mol. The number of anilines is 1. The molecule has 7 heteroatoms. The van der Waals surface area contributed by atoms with Crippen LogP contribution in [-0.2, 0) is 9.53 Å². The second-order valence-corrected chi connectivity index (χ2v) is 8.38. The fraction of sp³-hybridized carbons (Fsp3) is 0.667. The van der Waals surface area contributed by atoms with Crippen LogP contribution < -0.4 is 4.90 Å². The van der Waals surface area contributed by atoms with Crippen LogP contribution in [0.2, 0.25) is 0 Å². The number of piperidine rings is 1. The molecule has 3 aliphatic rings. The van der Waals surface area contributed by atoms with Crippen molar-refractivity contribution < 1.29 is 19.4 Å². The molecule has 2 saturated heterocycles. The first-order chi connectivity index (χ1) is 13.6. The average molecular weight is 387 g/mol. The number of carbonyl (C=O) groups is 2. The molecule has 1 aromatic heterocycles. The van der Waals surface area contributed by atoms with Crippen molar-refractivity contribution in [1.82, 2.24) is 9.88 Å². The number of amides is 1. The van der Waals surface area contributed by atoms with Crippen molar-refractivity contribution in [2.24, 2.45) is 11.8 Å². The van der Waals surface area contributed by atoms with E-state index in [2.05, 4.69) is 9.88 Å². The summed E-state index contributed by atoms with van der Waals surface area (Å²) in [6, 6.07) is 4.31. The zero-order valence-electron chi connectivity index (χ0n) is 16.2. The van der Waals surface area contributed by atoms with Crippen LogP contribution >= 0.6 is 0 Å². The Morgan fingerprint density at radius 2 is 1.79 bits per heavy atom. The van der Waals surface area contributed by atoms with Crippen molar-refractivity contribution in [2.45, 2.75) is 57.1 Å². The molecule has 4 rings (SSSR count). The van der Waals surface area contributed by atoms with E-state index in [9.17, 15) is 9.59 Å². The van der Waals surface area contributed by atoms with Crippen molar-refractivity contribution in [3.05, 3.63) is 24.5 Å². The number of pyridine rings is 1. The van der Waals surface area contributed by atoms with Crippen LogP contribution in [0.3, 0.4) is 0 Å². The van der Waals surface area contributed by atoms with Crippen molar-refractivity contribution in [3.63, 3.8) is 0 Å². The van der Waals surface area contributed by atoms with Gasteiger partial charge in [-0.15, -0.1) is 0 Å². The van der Waals surface area contributed by atoms with Crippen LogP contribution in [0, 0.1) is 11.8 Å². The van der Waals surface area contributed by atoms with E-state index in [1.807, 2.05) is 29.4 Å². The summed E-state index contributed by atoms with van der Waals surface area (Å²) >= 11 is 0. The molecular weight excluding hydrogens is 358 g/mol. The largest absolute Gasteiger partial charge is 0.481 e. The third kappa shape index (κ3) is 4.23. The highest BCUT2D eigenvalue weighted by Crippen LogP contribution is 2.36. The number of carboxylic acid groups (broad SMARTS) is 1. The van der Waals surface area contributed by atoms with Crippen LogP contribution in [-0.4, -0.2) is 58.8 Å². The first kappa shape index (κ1) is 19.0. The number of carbonyl (C=O) groups excluding carboxylic acids is 1. The summed E-state index contributed by atoms with van der Waals surface area (Å²) in [4.78, 5) is 31.8. The van der Waals surface area contributed by atoms with Gasteiger partial charge in [0, 0.05) is 43.6 Å². The Balaban J connectivity index is 1.27. The van der Waals surface area contributed by atoms with E-state index in [1.165, 1.54) is 5.69 Å². The van der Waals surface area contributed by atoms with Gasteiger partial charge in [-0.1, -0.05) is 0 Å². The van der Waals surface area contributed by atoms with Gasteiger partial charge in [0.1, 0.15) is 6.10 Å². The first-order valence-electron chi connectivity index (χ1n) is 10.4. The number of rotatable bonds is 5. The Morgan fingerprint density at radius 3 is 2.43 bits per heavy atom. The number of aliphatic carboxylic acids is 1. The highest BCUT2D eigenvalue weighted by Gasteiger charge is 2.41. The molecule has 0 spiro atoms. The maximum absolute atomic E-state index is 12.5. The number of hydrogen-bond acceptors (Lipinski definition) is 5. The quantitative estimate of drug-likeness (QED) is 0.836. The zero-order chi connectivity index (χ0) is 19.5. The lowest BCUT2D eigenvalue weighted by Gasteiger charge is -2.37. The van der Waals surface area contributed by atoms with Gasteiger partial charge in [-0.3, -0.25) is 9.78 Å². The predicted molar refractivity (Wildman–Crippen MR) is 104 cm³/mol. The van der Waals surface area contributed by atoms with E-state index in [-0.39, 0.29) is 30.6 Å². The molecule has 1 saturated carbocycles. The summed E-state index contributed by atoms with van der Waals surface area (Å²) in [5.74, 6) is -0.0598. The molecule has 0 aromatic carbocycles. The highest BCUT2D eigenvalue weighted by atomic mass is 16.6. The lowest BCUT2D eigenvalue weighted by Crippen LogP contribution is -2.45. The van der Waals surface area contributed by atoms with Gasteiger partial charge in [0.2, 0.25) is 0 Å². The maximum atomic E-state index is 12.5. The second-order valence-electron chi connectivity index (χ2n) is 8.38. The van der Waals surface area contributed by atoms with Gasteiger partial charge in [-0.2, -0.15) is 0 Å². The minimum absolute atomic E-state index is 0.0310. The molecule has 1 N–H and O–H groups in total. The van der Waals surface area contributed by atoms with Gasteiger partial charge in [-0.25, -0.2) is 4.79 Å². The Bertz CT molecular complexity index is 682. The number of hydrogen-bond donors (Lipinski definition) is 1. The molecule has 0 radical (unpaired) electrons. The Hall–Kier alpha value is -2.31. The summed E-state index contributed by atoms with van der Waals surface area (Å²) in [6.07, 6.45) is 9.38. The molecule has 1 atom stereocenters. The predicted octanol–water partition coefficient (Wildman–Crippen LogP) is 3.15. The van der Waals surface area contributed by atoms with Crippen LogP contribution in [0.25, 0.3) is 0 Å². The summed E-state index contributed by atoms with van der Waals surface area (Å²) in [5, 5.41) is 8.97. The number of nitrogens with zero attached hydrogens (tertiary/aromatic N) is 3. The molecule has 28 heavy (non-hydrogen) atoms. The smallest absolute Gasteiger partial charge is 0.410 e. The fourth-order valence-electron chi connectivity index (χ4n) is 5.05. The van der Waals surface area contributed by atoms with Gasteiger partial charge >= 0.3 is 12.1 Å². The standard InChI is InChI=1S/C21H29N3O4/c25-20(26)13-15-1-3-16(4-2-15)19-14-24(21(27)28-19)18-7-11-23(12-8-18)17-5-9-22-10-6-17/h5-6,9-10,15-16,18-19H,1-4,7-8,11-14H2,(H,25,26). The van der Waals surface area contributed by atoms with E-state index in [4.69, 9.17) is 9.84 Å². The lowest BCUT2D eigenvalue weighted by molar-refractivity contribution is -0.138. The normalized spacial score (nSPS) is 29.0. The molecular formula is C21H29N3O4. The first-order valence-corrected chi connectivity index (χ1v) is 10.4. The minimum atomic E-state index is -0.708. The number of cyclic esters (lactones) is 1. The average Bonchev–Trinajstić information content (AvgIpc) is 3.10. The Labute approximate surface area is 165 Å².